The zero-order chi connectivity index (χ0) is 19.3. The number of alkyl halides is 3. The zero-order valence-corrected chi connectivity index (χ0v) is 14.2. The minimum Gasteiger partial charge on any atom is -0.381 e. The number of hydrogen-bond acceptors (Lipinski definition) is 4. The molecule has 2 atom stereocenters. The zero-order valence-electron chi connectivity index (χ0n) is 13.4. The highest BCUT2D eigenvalue weighted by molar-refractivity contribution is 6.33. The molecule has 0 N–H and O–H groups in total. The summed E-state index contributed by atoms with van der Waals surface area (Å²) in [6.45, 7) is 0. The summed E-state index contributed by atoms with van der Waals surface area (Å²) >= 11 is 5.84. The Morgan fingerprint density at radius 2 is 1.74 bits per heavy atom. The van der Waals surface area contributed by atoms with Crippen LogP contribution in [0.1, 0.15) is 11.1 Å². The summed E-state index contributed by atoms with van der Waals surface area (Å²) in [7, 11) is 0. The van der Waals surface area contributed by atoms with Gasteiger partial charge in [-0.05, 0) is 30.3 Å². The van der Waals surface area contributed by atoms with Gasteiger partial charge in [-0.25, -0.2) is 4.90 Å². The van der Waals surface area contributed by atoms with E-state index < -0.39 is 35.6 Å². The van der Waals surface area contributed by atoms with Crippen LogP contribution in [0.15, 0.2) is 53.7 Å². The van der Waals surface area contributed by atoms with Gasteiger partial charge in [-0.2, -0.15) is 13.2 Å². The Balaban J connectivity index is 1.69. The van der Waals surface area contributed by atoms with Crippen LogP contribution in [-0.2, 0) is 20.6 Å². The summed E-state index contributed by atoms with van der Waals surface area (Å²) in [4.78, 5) is 31.3. The first-order valence-corrected chi connectivity index (χ1v) is 8.20. The molecule has 138 valence electrons. The summed E-state index contributed by atoms with van der Waals surface area (Å²) in [6, 6.07) is 10.5. The Hall–Kier alpha value is -2.87. The van der Waals surface area contributed by atoms with Crippen molar-refractivity contribution in [1.29, 1.82) is 0 Å². The second kappa shape index (κ2) is 6.09. The molecule has 27 heavy (non-hydrogen) atoms. The van der Waals surface area contributed by atoms with Crippen molar-refractivity contribution in [2.24, 2.45) is 11.1 Å². The summed E-state index contributed by atoms with van der Waals surface area (Å²) in [5, 5.41) is 4.31. The predicted molar refractivity (Wildman–Crippen MR) is 90.3 cm³/mol. The van der Waals surface area contributed by atoms with Gasteiger partial charge in [-0.1, -0.05) is 35.0 Å². The molecule has 2 heterocycles. The fourth-order valence-corrected chi connectivity index (χ4v) is 3.24. The van der Waals surface area contributed by atoms with Crippen molar-refractivity contribution in [3.8, 4) is 0 Å². The molecular formula is C18H10ClF3N2O3. The molecule has 5 nitrogen and oxygen atoms in total. The number of hydrogen-bond donors (Lipinski definition) is 0. The van der Waals surface area contributed by atoms with Gasteiger partial charge in [0.25, 0.3) is 5.91 Å². The summed E-state index contributed by atoms with van der Waals surface area (Å²) < 4.78 is 38.9. The molecule has 1 fully saturated rings. The highest BCUT2D eigenvalue weighted by atomic mass is 35.5. The number of halogens is 4. The monoisotopic (exact) mass is 394 g/mol. The van der Waals surface area contributed by atoms with Crippen LogP contribution in [0, 0.1) is 5.92 Å². The first kappa shape index (κ1) is 17.5. The lowest BCUT2D eigenvalue weighted by Crippen LogP contribution is -2.33. The summed E-state index contributed by atoms with van der Waals surface area (Å²) in [6.07, 6.45) is -5.79. The molecule has 2 aliphatic rings. The number of anilines is 1. The van der Waals surface area contributed by atoms with E-state index in [2.05, 4.69) is 5.16 Å². The van der Waals surface area contributed by atoms with E-state index in [0.717, 1.165) is 23.1 Å². The molecule has 0 radical (unpaired) electrons. The van der Waals surface area contributed by atoms with E-state index in [1.165, 1.54) is 6.07 Å². The van der Waals surface area contributed by atoms with Gasteiger partial charge < -0.3 is 4.84 Å². The van der Waals surface area contributed by atoms with E-state index in [9.17, 15) is 22.8 Å². The van der Waals surface area contributed by atoms with Crippen LogP contribution >= 0.6 is 11.6 Å². The molecule has 2 aromatic carbocycles. The number of carbonyl (C=O) groups is 2. The highest BCUT2D eigenvalue weighted by Gasteiger charge is 2.56. The molecule has 4 rings (SSSR count). The maximum atomic E-state index is 13.0. The van der Waals surface area contributed by atoms with Crippen molar-refractivity contribution in [3.05, 3.63) is 64.7 Å². The van der Waals surface area contributed by atoms with Crippen molar-refractivity contribution in [2.45, 2.75) is 12.3 Å². The van der Waals surface area contributed by atoms with Gasteiger partial charge in [-0.15, -0.1) is 0 Å². The summed E-state index contributed by atoms with van der Waals surface area (Å²) in [5.41, 5.74) is -0.332. The SMILES string of the molecule is O=C1[C@@H]2C(c3ccc(Cl)cc3)=NO[C@@H]2C(=O)N1c1cccc(C(F)(F)F)c1. The molecular weight excluding hydrogens is 385 g/mol. The third kappa shape index (κ3) is 2.86. The van der Waals surface area contributed by atoms with Crippen molar-refractivity contribution >= 4 is 34.8 Å². The standard InChI is InChI=1S/C18H10ClF3N2O3/c19-11-6-4-9(5-7-11)14-13-15(27-23-14)17(26)24(16(13)25)12-3-1-2-10(8-12)18(20,21)22/h1-8,13,15H/t13-,15+/m1/s1. The van der Waals surface area contributed by atoms with Crippen LogP contribution in [0.5, 0.6) is 0 Å². The number of amides is 2. The van der Waals surface area contributed by atoms with E-state index in [0.29, 0.717) is 10.6 Å². The number of nitrogens with zero attached hydrogens (tertiary/aromatic N) is 2. The Labute approximate surface area is 156 Å². The van der Waals surface area contributed by atoms with E-state index in [4.69, 9.17) is 16.4 Å². The largest absolute Gasteiger partial charge is 0.416 e. The third-order valence-corrected chi connectivity index (χ3v) is 4.64. The van der Waals surface area contributed by atoms with Gasteiger partial charge in [0, 0.05) is 10.6 Å². The van der Waals surface area contributed by atoms with E-state index in [-0.39, 0.29) is 11.4 Å². The maximum Gasteiger partial charge on any atom is 0.416 e. The molecule has 0 aliphatic carbocycles. The normalized spacial score (nSPS) is 21.9. The maximum absolute atomic E-state index is 13.0. The Kier molecular flexibility index (Phi) is 3.96. The van der Waals surface area contributed by atoms with Crippen molar-refractivity contribution < 1.29 is 27.6 Å². The Morgan fingerprint density at radius 3 is 2.41 bits per heavy atom. The molecule has 2 aliphatic heterocycles. The number of oxime groups is 1. The molecule has 0 aromatic heterocycles. The first-order chi connectivity index (χ1) is 12.8. The van der Waals surface area contributed by atoms with Crippen molar-refractivity contribution in [3.63, 3.8) is 0 Å². The second-order valence-corrected chi connectivity index (χ2v) is 6.48. The van der Waals surface area contributed by atoms with Gasteiger partial charge in [0.15, 0.2) is 0 Å². The van der Waals surface area contributed by atoms with Gasteiger partial charge in [0.05, 0.1) is 11.3 Å². The number of carbonyl (C=O) groups excluding carboxylic acids is 2. The molecule has 0 bridgehead atoms. The smallest absolute Gasteiger partial charge is 0.381 e. The number of imide groups is 1. The average molecular weight is 395 g/mol. The number of benzene rings is 2. The van der Waals surface area contributed by atoms with Crippen molar-refractivity contribution in [2.75, 3.05) is 4.90 Å². The van der Waals surface area contributed by atoms with E-state index >= 15 is 0 Å². The van der Waals surface area contributed by atoms with Crippen LogP contribution < -0.4 is 4.90 Å². The number of fused-ring (bicyclic) bond motifs is 1. The summed E-state index contributed by atoms with van der Waals surface area (Å²) in [5.74, 6) is -2.46. The van der Waals surface area contributed by atoms with Gasteiger partial charge in [-0.3, -0.25) is 9.59 Å². The average Bonchev–Trinajstić information content (AvgIpc) is 3.16. The topological polar surface area (TPSA) is 59.0 Å². The Bertz CT molecular complexity index is 973. The van der Waals surface area contributed by atoms with Crippen LogP contribution in [-0.4, -0.2) is 23.6 Å². The number of rotatable bonds is 2. The van der Waals surface area contributed by atoms with Crippen LogP contribution in [0.4, 0.5) is 18.9 Å². The Morgan fingerprint density at radius 1 is 1.04 bits per heavy atom. The van der Waals surface area contributed by atoms with Gasteiger partial charge in [0.1, 0.15) is 11.6 Å². The molecule has 0 spiro atoms. The first-order valence-electron chi connectivity index (χ1n) is 7.82. The lowest BCUT2D eigenvalue weighted by Gasteiger charge is -2.17. The van der Waals surface area contributed by atoms with Crippen LogP contribution in [0.25, 0.3) is 0 Å². The molecule has 1 saturated heterocycles. The highest BCUT2D eigenvalue weighted by Crippen LogP contribution is 2.37. The lowest BCUT2D eigenvalue weighted by atomic mass is 9.94. The molecule has 0 saturated carbocycles. The lowest BCUT2D eigenvalue weighted by molar-refractivity contribution is -0.137. The van der Waals surface area contributed by atoms with Gasteiger partial charge >= 0.3 is 6.18 Å². The van der Waals surface area contributed by atoms with Crippen LogP contribution in [0.3, 0.4) is 0 Å². The minimum atomic E-state index is -4.59. The molecule has 9 heteroatoms. The fourth-order valence-electron chi connectivity index (χ4n) is 3.11. The predicted octanol–water partition coefficient (Wildman–Crippen LogP) is 3.65. The fraction of sp³-hybridized carbons (Fsp3) is 0.167. The van der Waals surface area contributed by atoms with Crippen LogP contribution in [0.2, 0.25) is 5.02 Å². The second-order valence-electron chi connectivity index (χ2n) is 6.05. The minimum absolute atomic E-state index is 0.159. The molecule has 0 unspecified atom stereocenters. The molecule has 2 aromatic rings. The van der Waals surface area contributed by atoms with Gasteiger partial charge in [0.2, 0.25) is 12.0 Å². The third-order valence-electron chi connectivity index (χ3n) is 4.38. The van der Waals surface area contributed by atoms with Crippen molar-refractivity contribution in [1.82, 2.24) is 0 Å². The van der Waals surface area contributed by atoms with E-state index in [1.54, 1.807) is 24.3 Å². The molecule has 2 amide bonds. The quantitative estimate of drug-likeness (QED) is 0.730. The van der Waals surface area contributed by atoms with E-state index in [1.807, 2.05) is 0 Å².